The van der Waals surface area contributed by atoms with E-state index in [1.165, 1.54) is 0 Å². The van der Waals surface area contributed by atoms with Crippen LogP contribution >= 0.6 is 0 Å². The number of nitrogens with one attached hydrogen (secondary N) is 1. The first-order chi connectivity index (χ1) is 9.56. The van der Waals surface area contributed by atoms with Crippen molar-refractivity contribution in [2.45, 2.75) is 31.7 Å². The van der Waals surface area contributed by atoms with Crippen LogP contribution in [0.1, 0.15) is 36.0 Å². The lowest BCUT2D eigenvalue weighted by molar-refractivity contribution is -0.123. The number of benzene rings is 1. The SMILES string of the molecule is O=C(COc1cc(F)ccc1C(=O)O)NC1CCCC1. The molecule has 2 N–H and O–H groups in total. The average Bonchev–Trinajstić information content (AvgIpc) is 2.89. The summed E-state index contributed by atoms with van der Waals surface area (Å²) >= 11 is 0. The zero-order valence-corrected chi connectivity index (χ0v) is 10.9. The number of carboxylic acids is 1. The first-order valence-corrected chi connectivity index (χ1v) is 6.51. The summed E-state index contributed by atoms with van der Waals surface area (Å²) in [5, 5.41) is 11.8. The van der Waals surface area contributed by atoms with Crippen molar-refractivity contribution in [3.05, 3.63) is 29.6 Å². The molecule has 0 saturated heterocycles. The minimum Gasteiger partial charge on any atom is -0.483 e. The van der Waals surface area contributed by atoms with E-state index in [0.29, 0.717) is 0 Å². The molecular weight excluding hydrogens is 265 g/mol. The van der Waals surface area contributed by atoms with Gasteiger partial charge in [-0.1, -0.05) is 12.8 Å². The summed E-state index contributed by atoms with van der Waals surface area (Å²) in [6.07, 6.45) is 4.09. The Morgan fingerprint density at radius 1 is 1.35 bits per heavy atom. The fourth-order valence-electron chi connectivity index (χ4n) is 2.28. The maximum Gasteiger partial charge on any atom is 0.339 e. The molecule has 0 atom stereocenters. The molecule has 2 rings (SSSR count). The molecule has 1 fully saturated rings. The third-order valence-electron chi connectivity index (χ3n) is 3.25. The molecule has 0 aliphatic heterocycles. The van der Waals surface area contributed by atoms with Gasteiger partial charge in [0.25, 0.3) is 5.91 Å². The molecule has 20 heavy (non-hydrogen) atoms. The van der Waals surface area contributed by atoms with E-state index in [9.17, 15) is 14.0 Å². The van der Waals surface area contributed by atoms with Crippen LogP contribution in [0, 0.1) is 5.82 Å². The molecule has 5 nitrogen and oxygen atoms in total. The molecule has 1 amide bonds. The average molecular weight is 281 g/mol. The monoisotopic (exact) mass is 281 g/mol. The van der Waals surface area contributed by atoms with E-state index in [-0.39, 0.29) is 29.9 Å². The van der Waals surface area contributed by atoms with E-state index in [1.54, 1.807) is 0 Å². The Morgan fingerprint density at radius 2 is 2.05 bits per heavy atom. The summed E-state index contributed by atoms with van der Waals surface area (Å²) in [5.74, 6) is -2.30. The molecule has 1 aliphatic carbocycles. The van der Waals surface area contributed by atoms with Gasteiger partial charge < -0.3 is 15.2 Å². The number of rotatable bonds is 5. The van der Waals surface area contributed by atoms with E-state index in [1.807, 2.05) is 0 Å². The molecular formula is C14H16FNO4. The van der Waals surface area contributed by atoms with Crippen LogP contribution in [0.3, 0.4) is 0 Å². The fourth-order valence-corrected chi connectivity index (χ4v) is 2.28. The summed E-state index contributed by atoms with van der Waals surface area (Å²) in [7, 11) is 0. The molecule has 6 heteroatoms. The van der Waals surface area contributed by atoms with Crippen molar-refractivity contribution in [3.8, 4) is 5.75 Å². The number of halogens is 1. The third kappa shape index (κ3) is 3.69. The van der Waals surface area contributed by atoms with Crippen LogP contribution in [0.25, 0.3) is 0 Å². The highest BCUT2D eigenvalue weighted by Gasteiger charge is 2.18. The number of carbonyl (C=O) groups excluding carboxylic acids is 1. The lowest BCUT2D eigenvalue weighted by Crippen LogP contribution is -2.36. The van der Waals surface area contributed by atoms with Crippen molar-refractivity contribution in [1.82, 2.24) is 5.32 Å². The fraction of sp³-hybridized carbons (Fsp3) is 0.429. The maximum atomic E-state index is 13.1. The Morgan fingerprint density at radius 3 is 2.70 bits per heavy atom. The van der Waals surface area contributed by atoms with E-state index < -0.39 is 11.8 Å². The van der Waals surface area contributed by atoms with Gasteiger partial charge in [0, 0.05) is 12.1 Å². The van der Waals surface area contributed by atoms with Gasteiger partial charge in [0.2, 0.25) is 0 Å². The van der Waals surface area contributed by atoms with Crippen molar-refractivity contribution >= 4 is 11.9 Å². The van der Waals surface area contributed by atoms with Crippen LogP contribution < -0.4 is 10.1 Å². The van der Waals surface area contributed by atoms with Gasteiger partial charge in [-0.25, -0.2) is 9.18 Å². The number of aromatic carboxylic acids is 1. The summed E-state index contributed by atoms with van der Waals surface area (Å²) in [6, 6.07) is 3.28. The Balaban J connectivity index is 1.94. The normalized spacial score (nSPS) is 15.1. The molecule has 1 aromatic rings. The second kappa shape index (κ2) is 6.36. The topological polar surface area (TPSA) is 75.6 Å². The summed E-state index contributed by atoms with van der Waals surface area (Å²) in [4.78, 5) is 22.6. The second-order valence-corrected chi connectivity index (χ2v) is 4.78. The molecule has 0 bridgehead atoms. The van der Waals surface area contributed by atoms with E-state index in [4.69, 9.17) is 9.84 Å². The zero-order chi connectivity index (χ0) is 14.5. The lowest BCUT2D eigenvalue weighted by Gasteiger charge is -2.13. The largest absolute Gasteiger partial charge is 0.483 e. The number of carbonyl (C=O) groups is 2. The molecule has 1 saturated carbocycles. The molecule has 1 aromatic carbocycles. The highest BCUT2D eigenvalue weighted by atomic mass is 19.1. The molecule has 0 heterocycles. The summed E-state index contributed by atoms with van der Waals surface area (Å²) < 4.78 is 18.2. The maximum absolute atomic E-state index is 13.1. The highest BCUT2D eigenvalue weighted by Crippen LogP contribution is 2.20. The number of amides is 1. The van der Waals surface area contributed by atoms with Gasteiger partial charge in [-0.05, 0) is 25.0 Å². The van der Waals surface area contributed by atoms with Crippen molar-refractivity contribution in [1.29, 1.82) is 0 Å². The van der Waals surface area contributed by atoms with Crippen LogP contribution in [0.2, 0.25) is 0 Å². The van der Waals surface area contributed by atoms with Crippen molar-refractivity contribution in [2.24, 2.45) is 0 Å². The van der Waals surface area contributed by atoms with E-state index in [2.05, 4.69) is 5.32 Å². The van der Waals surface area contributed by atoms with Crippen LogP contribution in [0.5, 0.6) is 5.75 Å². The smallest absolute Gasteiger partial charge is 0.339 e. The van der Waals surface area contributed by atoms with Crippen LogP contribution in [-0.2, 0) is 4.79 Å². The minimum absolute atomic E-state index is 0.140. The standard InChI is InChI=1S/C14H16FNO4/c15-9-5-6-11(14(18)19)12(7-9)20-8-13(17)16-10-3-1-2-4-10/h5-7,10H,1-4,8H2,(H,16,17)(H,18,19). The van der Waals surface area contributed by atoms with Gasteiger partial charge in [-0.15, -0.1) is 0 Å². The van der Waals surface area contributed by atoms with E-state index >= 15 is 0 Å². The first kappa shape index (κ1) is 14.3. The van der Waals surface area contributed by atoms with Gasteiger partial charge in [-0.2, -0.15) is 0 Å². The van der Waals surface area contributed by atoms with Crippen LogP contribution in [-0.4, -0.2) is 29.6 Å². The van der Waals surface area contributed by atoms with Gasteiger partial charge in [0.15, 0.2) is 6.61 Å². The molecule has 0 radical (unpaired) electrons. The zero-order valence-electron chi connectivity index (χ0n) is 10.9. The van der Waals surface area contributed by atoms with Gasteiger partial charge in [0.1, 0.15) is 17.1 Å². The highest BCUT2D eigenvalue weighted by molar-refractivity contribution is 5.91. The molecule has 1 aliphatic rings. The molecule has 0 spiro atoms. The van der Waals surface area contributed by atoms with Crippen molar-refractivity contribution in [2.75, 3.05) is 6.61 Å². The Hall–Kier alpha value is -2.11. The minimum atomic E-state index is -1.23. The number of carboxylic acid groups (broad SMARTS) is 1. The van der Waals surface area contributed by atoms with E-state index in [0.717, 1.165) is 43.9 Å². The lowest BCUT2D eigenvalue weighted by atomic mass is 10.2. The first-order valence-electron chi connectivity index (χ1n) is 6.51. The number of hydrogen-bond acceptors (Lipinski definition) is 3. The number of hydrogen-bond donors (Lipinski definition) is 2. The number of ether oxygens (including phenoxy) is 1. The predicted octanol–water partition coefficient (Wildman–Crippen LogP) is 1.96. The van der Waals surface area contributed by atoms with Gasteiger partial charge in [0.05, 0.1) is 0 Å². The van der Waals surface area contributed by atoms with Gasteiger partial charge in [-0.3, -0.25) is 4.79 Å². The van der Waals surface area contributed by atoms with Crippen molar-refractivity contribution < 1.29 is 23.8 Å². The van der Waals surface area contributed by atoms with Crippen LogP contribution in [0.15, 0.2) is 18.2 Å². The Labute approximate surface area is 115 Å². The summed E-state index contributed by atoms with van der Waals surface area (Å²) in [5.41, 5.74) is -0.167. The van der Waals surface area contributed by atoms with Gasteiger partial charge >= 0.3 is 5.97 Å². The Kier molecular flexibility index (Phi) is 4.55. The quantitative estimate of drug-likeness (QED) is 0.865. The molecule has 108 valence electrons. The summed E-state index contributed by atoms with van der Waals surface area (Å²) in [6.45, 7) is -0.319. The third-order valence-corrected chi connectivity index (χ3v) is 3.25. The molecule has 0 unspecified atom stereocenters. The second-order valence-electron chi connectivity index (χ2n) is 4.78. The predicted molar refractivity (Wildman–Crippen MR) is 69.3 cm³/mol. The van der Waals surface area contributed by atoms with Crippen molar-refractivity contribution in [3.63, 3.8) is 0 Å². The Bertz CT molecular complexity index is 512. The molecule has 0 aromatic heterocycles. The van der Waals surface area contributed by atoms with Crippen LogP contribution in [0.4, 0.5) is 4.39 Å².